The summed E-state index contributed by atoms with van der Waals surface area (Å²) in [7, 11) is 4.00. The Morgan fingerprint density at radius 1 is 1.35 bits per heavy atom. The van der Waals surface area contributed by atoms with E-state index in [4.69, 9.17) is 4.74 Å². The van der Waals surface area contributed by atoms with Crippen LogP contribution in [-0.2, 0) is 11.8 Å². The lowest BCUT2D eigenvalue weighted by atomic mass is 10.1. The van der Waals surface area contributed by atoms with Gasteiger partial charge in [0.15, 0.2) is 0 Å². The number of fused-ring (bicyclic) bond motifs is 1. The molecular weight excluding hydrogens is 290 g/mol. The highest BCUT2D eigenvalue weighted by Crippen LogP contribution is 2.22. The smallest absolute Gasteiger partial charge is 0.268 e. The van der Waals surface area contributed by atoms with Crippen LogP contribution in [0, 0.1) is 6.92 Å². The summed E-state index contributed by atoms with van der Waals surface area (Å²) in [6.45, 7) is 6.40. The number of likely N-dealkylation sites (tertiary alicyclic amines) is 1. The van der Waals surface area contributed by atoms with E-state index in [2.05, 4.69) is 30.3 Å². The van der Waals surface area contributed by atoms with Crippen LogP contribution in [0.2, 0.25) is 0 Å². The van der Waals surface area contributed by atoms with E-state index in [0.29, 0.717) is 12.3 Å². The average molecular weight is 315 g/mol. The number of rotatable bonds is 4. The largest absolute Gasteiger partial charge is 0.375 e. The van der Waals surface area contributed by atoms with Crippen LogP contribution in [-0.4, -0.2) is 54.3 Å². The first kappa shape index (κ1) is 16.0. The Morgan fingerprint density at radius 3 is 2.83 bits per heavy atom. The minimum atomic E-state index is -0.0342. The van der Waals surface area contributed by atoms with Crippen molar-refractivity contribution in [1.82, 2.24) is 14.8 Å². The molecule has 1 fully saturated rings. The van der Waals surface area contributed by atoms with E-state index in [-0.39, 0.29) is 18.1 Å². The first-order valence-corrected chi connectivity index (χ1v) is 8.17. The van der Waals surface area contributed by atoms with Crippen molar-refractivity contribution in [2.24, 2.45) is 7.05 Å². The second kappa shape index (κ2) is 6.34. The Hall–Kier alpha value is -1.85. The van der Waals surface area contributed by atoms with Crippen LogP contribution in [0.1, 0.15) is 23.0 Å². The first-order chi connectivity index (χ1) is 11.0. The summed E-state index contributed by atoms with van der Waals surface area (Å²) < 4.78 is 7.73. The third kappa shape index (κ3) is 2.99. The molecule has 0 saturated carbocycles. The number of nitrogens with one attached hydrogen (secondary N) is 1. The van der Waals surface area contributed by atoms with Gasteiger partial charge in [-0.2, -0.15) is 0 Å². The zero-order valence-corrected chi connectivity index (χ0v) is 14.3. The molecule has 0 radical (unpaired) electrons. The highest BCUT2D eigenvalue weighted by atomic mass is 16.5. The lowest BCUT2D eigenvalue weighted by molar-refractivity contribution is 0.0511. The summed E-state index contributed by atoms with van der Waals surface area (Å²) in [5.41, 5.74) is 2.96. The Kier molecular flexibility index (Phi) is 4.41. The van der Waals surface area contributed by atoms with Gasteiger partial charge in [0.05, 0.1) is 12.1 Å². The number of hydrogen-bond donors (Lipinski definition) is 1. The Balaban J connectivity index is 1.83. The third-order valence-electron chi connectivity index (χ3n) is 4.68. The van der Waals surface area contributed by atoms with Crippen molar-refractivity contribution in [3.05, 3.63) is 35.5 Å². The maximum atomic E-state index is 12.8. The summed E-state index contributed by atoms with van der Waals surface area (Å²) >= 11 is 0. The van der Waals surface area contributed by atoms with Crippen molar-refractivity contribution in [2.75, 3.05) is 26.7 Å². The molecule has 0 bridgehead atoms. The van der Waals surface area contributed by atoms with E-state index in [1.54, 1.807) is 0 Å². The fraction of sp³-hybridized carbons (Fsp3) is 0.500. The van der Waals surface area contributed by atoms with Gasteiger partial charge < -0.3 is 19.5 Å². The van der Waals surface area contributed by atoms with Crippen LogP contribution in [0.5, 0.6) is 0 Å². The van der Waals surface area contributed by atoms with Gasteiger partial charge in [-0.3, -0.25) is 4.79 Å². The van der Waals surface area contributed by atoms with Gasteiger partial charge in [-0.1, -0.05) is 12.1 Å². The van der Waals surface area contributed by atoms with Gasteiger partial charge in [-0.15, -0.1) is 0 Å². The average Bonchev–Trinajstić information content (AvgIpc) is 3.02. The van der Waals surface area contributed by atoms with E-state index in [1.807, 2.05) is 36.7 Å². The zero-order chi connectivity index (χ0) is 16.6. The number of likely N-dealkylation sites (N-methyl/N-ethyl adjacent to an activating group) is 1. The molecule has 2 heterocycles. The van der Waals surface area contributed by atoms with Crippen LogP contribution in [0.15, 0.2) is 24.3 Å². The first-order valence-electron chi connectivity index (χ1n) is 8.17. The van der Waals surface area contributed by atoms with E-state index >= 15 is 0 Å². The molecular formula is C18H25N3O2. The molecule has 1 aliphatic rings. The maximum absolute atomic E-state index is 12.8. The lowest BCUT2D eigenvalue weighted by Crippen LogP contribution is -2.44. The highest BCUT2D eigenvalue weighted by Gasteiger charge is 2.33. The van der Waals surface area contributed by atoms with Gasteiger partial charge in [0.1, 0.15) is 5.69 Å². The number of nitrogens with zero attached hydrogens (tertiary/aromatic N) is 2. The molecule has 2 aromatic rings. The molecule has 5 nitrogen and oxygen atoms in total. The SMILES string of the molecule is CCO[C@@H]1CN(C)C[C@H]1NC(=O)c1cc2c(C)cccc2n1C. The zero-order valence-electron chi connectivity index (χ0n) is 14.3. The summed E-state index contributed by atoms with van der Waals surface area (Å²) in [4.78, 5) is 14.9. The summed E-state index contributed by atoms with van der Waals surface area (Å²) in [6.07, 6.45) is 0.0605. The monoisotopic (exact) mass is 315 g/mol. The normalized spacial score (nSPS) is 21.9. The second-order valence-electron chi connectivity index (χ2n) is 6.39. The minimum absolute atomic E-state index is 0.0339. The van der Waals surface area contributed by atoms with Gasteiger partial charge in [0.2, 0.25) is 0 Å². The molecule has 0 aliphatic carbocycles. The highest BCUT2D eigenvalue weighted by molar-refractivity contribution is 5.99. The van der Waals surface area contributed by atoms with E-state index < -0.39 is 0 Å². The van der Waals surface area contributed by atoms with Gasteiger partial charge in [0, 0.05) is 37.6 Å². The van der Waals surface area contributed by atoms with Crippen LogP contribution in [0.3, 0.4) is 0 Å². The minimum Gasteiger partial charge on any atom is -0.375 e. The van der Waals surface area contributed by atoms with Crippen LogP contribution in [0.4, 0.5) is 0 Å². The quantitative estimate of drug-likeness (QED) is 0.938. The molecule has 1 N–H and O–H groups in total. The molecule has 1 aromatic carbocycles. The topological polar surface area (TPSA) is 46.5 Å². The molecule has 1 aromatic heterocycles. The Bertz CT molecular complexity index is 722. The second-order valence-corrected chi connectivity index (χ2v) is 6.39. The number of ether oxygens (including phenoxy) is 1. The lowest BCUT2D eigenvalue weighted by Gasteiger charge is -2.19. The summed E-state index contributed by atoms with van der Waals surface area (Å²) in [5.74, 6) is -0.0342. The molecule has 0 unspecified atom stereocenters. The molecule has 2 atom stereocenters. The fourth-order valence-electron chi connectivity index (χ4n) is 3.45. The van der Waals surface area contributed by atoms with E-state index in [9.17, 15) is 4.79 Å². The van der Waals surface area contributed by atoms with E-state index in [1.165, 1.54) is 5.56 Å². The van der Waals surface area contributed by atoms with Crippen molar-refractivity contribution in [3.8, 4) is 0 Å². The van der Waals surface area contributed by atoms with Crippen molar-refractivity contribution >= 4 is 16.8 Å². The predicted molar refractivity (Wildman–Crippen MR) is 91.8 cm³/mol. The number of aromatic nitrogens is 1. The summed E-state index contributed by atoms with van der Waals surface area (Å²) in [5, 5.41) is 4.28. The van der Waals surface area contributed by atoms with Crippen LogP contribution in [0.25, 0.3) is 10.9 Å². The molecule has 3 rings (SSSR count). The van der Waals surface area contributed by atoms with Gasteiger partial charge in [-0.05, 0) is 38.6 Å². The number of hydrogen-bond acceptors (Lipinski definition) is 3. The number of benzene rings is 1. The molecule has 23 heavy (non-hydrogen) atoms. The molecule has 1 saturated heterocycles. The third-order valence-corrected chi connectivity index (χ3v) is 4.68. The predicted octanol–water partition coefficient (Wildman–Crippen LogP) is 1.94. The molecule has 1 aliphatic heterocycles. The number of carbonyl (C=O) groups is 1. The number of carbonyl (C=O) groups excluding carboxylic acids is 1. The number of amides is 1. The van der Waals surface area contributed by atoms with Crippen molar-refractivity contribution < 1.29 is 9.53 Å². The molecule has 124 valence electrons. The fourth-order valence-corrected chi connectivity index (χ4v) is 3.45. The standard InChI is InChI=1S/C18H25N3O2/c1-5-23-17-11-20(3)10-14(17)19-18(22)16-9-13-12(2)7-6-8-15(13)21(16)4/h6-9,14,17H,5,10-11H2,1-4H3,(H,19,22)/t14-,17-/m1/s1. The molecule has 5 heteroatoms. The van der Waals surface area contributed by atoms with Crippen LogP contribution < -0.4 is 5.32 Å². The van der Waals surface area contributed by atoms with Crippen molar-refractivity contribution in [3.63, 3.8) is 0 Å². The summed E-state index contributed by atoms with van der Waals surface area (Å²) in [6, 6.07) is 8.16. The maximum Gasteiger partial charge on any atom is 0.268 e. The van der Waals surface area contributed by atoms with Gasteiger partial charge in [-0.25, -0.2) is 0 Å². The Labute approximate surface area is 137 Å². The van der Waals surface area contributed by atoms with Crippen molar-refractivity contribution in [2.45, 2.75) is 26.0 Å². The number of aryl methyl sites for hydroxylation is 2. The molecule has 1 amide bonds. The van der Waals surface area contributed by atoms with Crippen LogP contribution >= 0.6 is 0 Å². The van der Waals surface area contributed by atoms with Gasteiger partial charge >= 0.3 is 0 Å². The van der Waals surface area contributed by atoms with E-state index in [0.717, 1.165) is 24.0 Å². The Morgan fingerprint density at radius 2 is 2.13 bits per heavy atom. The van der Waals surface area contributed by atoms with Crippen molar-refractivity contribution in [1.29, 1.82) is 0 Å². The van der Waals surface area contributed by atoms with Gasteiger partial charge in [0.25, 0.3) is 5.91 Å². The molecule has 0 spiro atoms.